The molecular formula is C23H22N2O3S. The van der Waals surface area contributed by atoms with Crippen LogP contribution in [0.2, 0.25) is 0 Å². The van der Waals surface area contributed by atoms with E-state index < -0.39 is 0 Å². The predicted molar refractivity (Wildman–Crippen MR) is 114 cm³/mol. The lowest BCUT2D eigenvalue weighted by Crippen LogP contribution is -2.21. The molecule has 1 N–H and O–H groups in total. The van der Waals surface area contributed by atoms with Gasteiger partial charge in [0.25, 0.3) is 0 Å². The molecule has 0 saturated heterocycles. The van der Waals surface area contributed by atoms with Crippen molar-refractivity contribution < 1.29 is 13.9 Å². The van der Waals surface area contributed by atoms with Gasteiger partial charge in [0.1, 0.15) is 10.8 Å². The van der Waals surface area contributed by atoms with Crippen molar-refractivity contribution in [2.24, 2.45) is 0 Å². The molecule has 0 aliphatic carbocycles. The first kappa shape index (κ1) is 19.2. The highest BCUT2D eigenvalue weighted by atomic mass is 32.1. The number of nitrogens with one attached hydrogen (secondary N) is 1. The van der Waals surface area contributed by atoms with Crippen molar-refractivity contribution in [1.29, 1.82) is 0 Å². The average molecular weight is 407 g/mol. The largest absolute Gasteiger partial charge is 0.493 e. The molecular weight excluding hydrogens is 384 g/mol. The Bertz CT molecular complexity index is 1050. The molecule has 0 spiro atoms. The summed E-state index contributed by atoms with van der Waals surface area (Å²) >= 11 is 1.59. The molecule has 6 heteroatoms. The highest BCUT2D eigenvalue weighted by Crippen LogP contribution is 2.39. The maximum atomic E-state index is 5.66. The van der Waals surface area contributed by atoms with E-state index >= 15 is 0 Å². The number of thiazole rings is 1. The number of nitrogens with zero attached hydrogens (tertiary/aromatic N) is 1. The minimum Gasteiger partial charge on any atom is -0.493 e. The lowest BCUT2D eigenvalue weighted by Gasteiger charge is -2.16. The lowest BCUT2D eigenvalue weighted by molar-refractivity contribution is 0.356. The predicted octanol–water partition coefficient (Wildman–Crippen LogP) is 5.30. The van der Waals surface area contributed by atoms with E-state index in [0.717, 1.165) is 27.6 Å². The number of rotatable bonds is 8. The van der Waals surface area contributed by atoms with Crippen molar-refractivity contribution >= 4 is 11.3 Å². The van der Waals surface area contributed by atoms with Crippen LogP contribution in [0, 0.1) is 0 Å². The second kappa shape index (κ2) is 8.94. The number of hydrogen-bond acceptors (Lipinski definition) is 6. The fourth-order valence-electron chi connectivity index (χ4n) is 3.26. The van der Waals surface area contributed by atoms with Gasteiger partial charge >= 0.3 is 0 Å². The third kappa shape index (κ3) is 4.18. The Hall–Kier alpha value is -3.09. The first-order chi connectivity index (χ1) is 14.3. The Morgan fingerprint density at radius 1 is 1.00 bits per heavy atom. The second-order valence-electron chi connectivity index (χ2n) is 6.43. The summed E-state index contributed by atoms with van der Waals surface area (Å²) in [6.45, 7) is 0.614. The van der Waals surface area contributed by atoms with E-state index in [1.807, 2.05) is 48.5 Å². The minimum atomic E-state index is -0.0392. The van der Waals surface area contributed by atoms with Gasteiger partial charge in [-0.2, -0.15) is 0 Å². The van der Waals surface area contributed by atoms with Gasteiger partial charge in [0, 0.05) is 11.9 Å². The van der Waals surface area contributed by atoms with E-state index in [1.54, 1.807) is 31.8 Å². The van der Waals surface area contributed by atoms with Gasteiger partial charge in [0.05, 0.1) is 37.8 Å². The van der Waals surface area contributed by atoms with E-state index in [0.29, 0.717) is 18.0 Å². The lowest BCUT2D eigenvalue weighted by atomic mass is 10.0. The van der Waals surface area contributed by atoms with Gasteiger partial charge < -0.3 is 13.9 Å². The maximum absolute atomic E-state index is 5.66. The van der Waals surface area contributed by atoms with Crippen LogP contribution in [0.25, 0.3) is 10.6 Å². The zero-order chi connectivity index (χ0) is 20.1. The molecule has 4 aromatic rings. The van der Waals surface area contributed by atoms with Gasteiger partial charge in [-0.05, 0) is 29.8 Å². The second-order valence-corrected chi connectivity index (χ2v) is 7.28. The zero-order valence-corrected chi connectivity index (χ0v) is 17.1. The van der Waals surface area contributed by atoms with Gasteiger partial charge in [0.15, 0.2) is 11.5 Å². The van der Waals surface area contributed by atoms with E-state index in [1.165, 1.54) is 0 Å². The molecule has 0 radical (unpaired) electrons. The van der Waals surface area contributed by atoms with Crippen LogP contribution in [0.3, 0.4) is 0 Å². The quantitative estimate of drug-likeness (QED) is 0.430. The minimum absolute atomic E-state index is 0.0392. The van der Waals surface area contributed by atoms with Gasteiger partial charge in [-0.15, -0.1) is 11.3 Å². The zero-order valence-electron chi connectivity index (χ0n) is 16.3. The first-order valence-corrected chi connectivity index (χ1v) is 10.2. The van der Waals surface area contributed by atoms with Crippen molar-refractivity contribution in [1.82, 2.24) is 10.3 Å². The van der Waals surface area contributed by atoms with Crippen LogP contribution >= 0.6 is 11.3 Å². The summed E-state index contributed by atoms with van der Waals surface area (Å²) in [5, 5.41) is 6.52. The molecule has 0 fully saturated rings. The summed E-state index contributed by atoms with van der Waals surface area (Å²) in [4.78, 5) is 4.80. The number of methoxy groups -OCH3 is 2. The summed E-state index contributed by atoms with van der Waals surface area (Å²) in [5.74, 6) is 2.27. The normalized spacial score (nSPS) is 11.9. The molecule has 0 amide bonds. The SMILES string of the molecule is COc1cccc(-c2nc(CN[C@H](c3ccccc3)c3ccco3)cs2)c1OC. The summed E-state index contributed by atoms with van der Waals surface area (Å²) in [5.41, 5.74) is 3.03. The molecule has 29 heavy (non-hydrogen) atoms. The Balaban J connectivity index is 1.55. The smallest absolute Gasteiger partial charge is 0.170 e. The van der Waals surface area contributed by atoms with E-state index in [9.17, 15) is 0 Å². The van der Waals surface area contributed by atoms with Crippen LogP contribution < -0.4 is 14.8 Å². The molecule has 1 atom stereocenters. The van der Waals surface area contributed by atoms with Crippen molar-refractivity contribution in [3.8, 4) is 22.1 Å². The number of ether oxygens (including phenoxy) is 2. The third-order valence-corrected chi connectivity index (χ3v) is 5.56. The Kier molecular flexibility index (Phi) is 5.93. The van der Waals surface area contributed by atoms with Gasteiger partial charge in [-0.25, -0.2) is 4.98 Å². The molecule has 0 aliphatic heterocycles. The molecule has 0 saturated carbocycles. The molecule has 5 nitrogen and oxygen atoms in total. The van der Waals surface area contributed by atoms with Crippen LogP contribution in [0.15, 0.2) is 76.7 Å². The highest BCUT2D eigenvalue weighted by molar-refractivity contribution is 7.13. The van der Waals surface area contributed by atoms with E-state index in [-0.39, 0.29) is 6.04 Å². The van der Waals surface area contributed by atoms with E-state index in [4.69, 9.17) is 18.9 Å². The van der Waals surface area contributed by atoms with Gasteiger partial charge in [0.2, 0.25) is 0 Å². The van der Waals surface area contributed by atoms with Crippen LogP contribution in [-0.4, -0.2) is 19.2 Å². The molecule has 2 heterocycles. The van der Waals surface area contributed by atoms with Gasteiger partial charge in [-0.1, -0.05) is 36.4 Å². The highest BCUT2D eigenvalue weighted by Gasteiger charge is 2.18. The fourth-order valence-corrected chi connectivity index (χ4v) is 4.10. The van der Waals surface area contributed by atoms with Crippen molar-refractivity contribution in [2.75, 3.05) is 14.2 Å². The molecule has 4 rings (SSSR count). The van der Waals surface area contributed by atoms with Gasteiger partial charge in [-0.3, -0.25) is 5.32 Å². The number of aromatic nitrogens is 1. The van der Waals surface area contributed by atoms with Crippen LogP contribution in [0.4, 0.5) is 0 Å². The summed E-state index contributed by atoms with van der Waals surface area (Å²) in [6, 6.07) is 19.9. The number of benzene rings is 2. The number of hydrogen-bond donors (Lipinski definition) is 1. The van der Waals surface area contributed by atoms with Crippen LogP contribution in [0.1, 0.15) is 23.1 Å². The molecule has 2 aromatic heterocycles. The summed E-state index contributed by atoms with van der Waals surface area (Å²) in [7, 11) is 3.28. The van der Waals surface area contributed by atoms with Crippen molar-refractivity contribution in [2.45, 2.75) is 12.6 Å². The molecule has 148 valence electrons. The van der Waals surface area contributed by atoms with E-state index in [2.05, 4.69) is 22.8 Å². The third-order valence-electron chi connectivity index (χ3n) is 4.63. The van der Waals surface area contributed by atoms with Crippen LogP contribution in [0.5, 0.6) is 11.5 Å². The fraction of sp³-hybridized carbons (Fsp3) is 0.174. The maximum Gasteiger partial charge on any atom is 0.170 e. The Labute approximate surface area is 173 Å². The molecule has 0 unspecified atom stereocenters. The average Bonchev–Trinajstić information content (AvgIpc) is 3.46. The molecule has 0 aliphatic rings. The summed E-state index contributed by atoms with van der Waals surface area (Å²) in [6.07, 6.45) is 1.70. The molecule has 0 bridgehead atoms. The monoisotopic (exact) mass is 406 g/mol. The Morgan fingerprint density at radius 2 is 1.86 bits per heavy atom. The van der Waals surface area contributed by atoms with Crippen molar-refractivity contribution in [3.63, 3.8) is 0 Å². The van der Waals surface area contributed by atoms with Crippen LogP contribution in [-0.2, 0) is 6.54 Å². The standard InChI is InChI=1S/C23H22N2O3S/c1-26-20-11-6-10-18(22(20)27-2)23-25-17(15-29-23)14-24-21(19-12-7-13-28-19)16-8-4-3-5-9-16/h3-13,15,21,24H,14H2,1-2H3/t21-/m1/s1. The Morgan fingerprint density at radius 3 is 2.59 bits per heavy atom. The first-order valence-electron chi connectivity index (χ1n) is 9.27. The number of para-hydroxylation sites is 1. The summed E-state index contributed by atoms with van der Waals surface area (Å²) < 4.78 is 16.6. The number of furan rings is 1. The molecule has 2 aromatic carbocycles. The van der Waals surface area contributed by atoms with Crippen molar-refractivity contribution in [3.05, 3.63) is 89.3 Å². The topological polar surface area (TPSA) is 56.5 Å².